The van der Waals surface area contributed by atoms with Crippen LogP contribution in [0, 0.1) is 0 Å². The molecule has 1 N–H and O–H groups in total. The molecule has 2 rings (SSSR count). The Morgan fingerprint density at radius 2 is 2.26 bits per heavy atom. The van der Waals surface area contributed by atoms with E-state index in [-0.39, 0.29) is 25.5 Å². The van der Waals surface area contributed by atoms with Crippen LogP contribution in [0.25, 0.3) is 6.08 Å². The van der Waals surface area contributed by atoms with Gasteiger partial charge in [0.2, 0.25) is 0 Å². The number of fused-ring (bicyclic) bond motifs is 1. The molecule has 1 aliphatic heterocycles. The molecule has 1 aromatic rings. The van der Waals surface area contributed by atoms with Crippen LogP contribution in [0.1, 0.15) is 19.4 Å². The summed E-state index contributed by atoms with van der Waals surface area (Å²) in [5.41, 5.74) is 1.05. The highest BCUT2D eigenvalue weighted by atomic mass is 16.5. The summed E-state index contributed by atoms with van der Waals surface area (Å²) in [6.07, 6.45) is 6.71. The van der Waals surface area contributed by atoms with E-state index in [1.54, 1.807) is 12.1 Å². The molecule has 122 valence electrons. The Balaban J connectivity index is 1.93. The van der Waals surface area contributed by atoms with Gasteiger partial charge in [0, 0.05) is 17.8 Å². The minimum absolute atomic E-state index is 0.0248. The van der Waals surface area contributed by atoms with Gasteiger partial charge < -0.3 is 19.5 Å². The molecule has 5 heteroatoms. The third-order valence-corrected chi connectivity index (χ3v) is 2.95. The largest absolute Gasteiger partial charge is 0.491 e. The van der Waals surface area contributed by atoms with Crippen LogP contribution in [0.4, 0.5) is 0 Å². The highest BCUT2D eigenvalue weighted by Crippen LogP contribution is 2.24. The Hall–Kier alpha value is -2.49. The van der Waals surface area contributed by atoms with Gasteiger partial charge in [0.1, 0.15) is 24.1 Å². The zero-order valence-corrected chi connectivity index (χ0v) is 13.3. The molecule has 0 saturated carbocycles. The summed E-state index contributed by atoms with van der Waals surface area (Å²) < 4.78 is 16.8. The summed E-state index contributed by atoms with van der Waals surface area (Å²) in [6, 6.07) is 7.84. The smallest absolute Gasteiger partial charge is 0.189 e. The van der Waals surface area contributed by atoms with Gasteiger partial charge in [-0.3, -0.25) is 0 Å². The van der Waals surface area contributed by atoms with Crippen LogP contribution in [0.5, 0.6) is 5.75 Å². The fraction of sp³-hybridized carbons (Fsp3) is 0.333. The quantitative estimate of drug-likeness (QED) is 0.454. The maximum absolute atomic E-state index is 10.1. The Bertz CT molecular complexity index is 615. The fourth-order valence-electron chi connectivity index (χ4n) is 2.02. The molecule has 23 heavy (non-hydrogen) atoms. The Morgan fingerprint density at radius 3 is 3.04 bits per heavy atom. The van der Waals surface area contributed by atoms with Crippen molar-refractivity contribution in [2.24, 2.45) is 0 Å². The van der Waals surface area contributed by atoms with E-state index in [9.17, 15) is 4.79 Å². The van der Waals surface area contributed by atoms with E-state index in [1.807, 2.05) is 50.3 Å². The van der Waals surface area contributed by atoms with E-state index >= 15 is 0 Å². The highest BCUT2D eigenvalue weighted by molar-refractivity contribution is 5.59. The Morgan fingerprint density at radius 1 is 1.43 bits per heavy atom. The van der Waals surface area contributed by atoms with Gasteiger partial charge in [-0.15, -0.1) is 0 Å². The normalized spacial score (nSPS) is 16.3. The molecule has 0 aromatic heterocycles. The van der Waals surface area contributed by atoms with Crippen LogP contribution in [-0.4, -0.2) is 31.5 Å². The van der Waals surface area contributed by atoms with E-state index in [4.69, 9.17) is 14.2 Å². The first-order valence-corrected chi connectivity index (χ1v) is 7.52. The number of benzene rings is 1. The van der Waals surface area contributed by atoms with Gasteiger partial charge in [-0.1, -0.05) is 18.2 Å². The van der Waals surface area contributed by atoms with Crippen LogP contribution in [0.3, 0.4) is 0 Å². The van der Waals surface area contributed by atoms with Crippen molar-refractivity contribution in [3.63, 3.8) is 0 Å². The molecule has 5 nitrogen and oxygen atoms in total. The topological polar surface area (TPSA) is 56.8 Å². The molecular formula is C18H21NO4. The average Bonchev–Trinajstić information content (AvgIpc) is 2.55. The number of nitrogens with one attached hydrogen (secondary N) is 1. The van der Waals surface area contributed by atoms with E-state index in [0.29, 0.717) is 5.76 Å². The third-order valence-electron chi connectivity index (χ3n) is 2.95. The predicted molar refractivity (Wildman–Crippen MR) is 88.4 cm³/mol. The van der Waals surface area contributed by atoms with Gasteiger partial charge in [-0.2, -0.15) is 0 Å². The molecule has 0 aliphatic carbocycles. The Labute approximate surface area is 136 Å². The van der Waals surface area contributed by atoms with Gasteiger partial charge in [0.15, 0.2) is 6.23 Å². The first kappa shape index (κ1) is 16.9. The number of para-hydroxylation sites is 1. The van der Waals surface area contributed by atoms with Crippen LogP contribution in [0.2, 0.25) is 0 Å². The molecule has 0 bridgehead atoms. The molecule has 1 aliphatic rings. The molecule has 0 spiro atoms. The molecular weight excluding hydrogens is 294 g/mol. The molecule has 0 fully saturated rings. The minimum Gasteiger partial charge on any atom is -0.491 e. The summed E-state index contributed by atoms with van der Waals surface area (Å²) in [7, 11) is 0. The summed E-state index contributed by atoms with van der Waals surface area (Å²) in [5.74, 6) is 3.14. The van der Waals surface area contributed by atoms with Crippen molar-refractivity contribution in [2.45, 2.75) is 26.2 Å². The molecule has 0 radical (unpaired) electrons. The summed E-state index contributed by atoms with van der Waals surface area (Å²) >= 11 is 0. The van der Waals surface area contributed by atoms with Crippen LogP contribution >= 0.6 is 0 Å². The SMILES string of the molecule is CC(C)OC(=CNC1C=Cc2ccccc2O1)COCC=C=O. The lowest BCUT2D eigenvalue weighted by atomic mass is 10.1. The van der Waals surface area contributed by atoms with Crippen molar-refractivity contribution < 1.29 is 19.0 Å². The van der Waals surface area contributed by atoms with E-state index in [1.165, 1.54) is 6.08 Å². The second-order valence-electron chi connectivity index (χ2n) is 5.22. The minimum atomic E-state index is -0.273. The van der Waals surface area contributed by atoms with Gasteiger partial charge >= 0.3 is 0 Å². The van der Waals surface area contributed by atoms with Gasteiger partial charge in [0.25, 0.3) is 0 Å². The number of hydrogen-bond acceptors (Lipinski definition) is 5. The van der Waals surface area contributed by atoms with Crippen LogP contribution in [-0.2, 0) is 14.3 Å². The zero-order valence-electron chi connectivity index (χ0n) is 13.3. The van der Waals surface area contributed by atoms with Gasteiger partial charge in [0.05, 0.1) is 12.7 Å². The van der Waals surface area contributed by atoms with E-state index in [2.05, 4.69) is 5.32 Å². The second kappa shape index (κ2) is 8.83. The monoisotopic (exact) mass is 315 g/mol. The standard InChI is InChI=1S/C18H21NO4/c1-14(2)22-16(13-21-11-5-10-20)12-19-18-9-8-15-6-3-4-7-17(15)23-18/h3-9,12,14,18-19H,11,13H2,1-2H3. The number of ether oxygens (including phenoxy) is 3. The molecule has 1 aromatic carbocycles. The number of carbonyl (C=O) groups excluding carboxylic acids is 1. The first-order chi connectivity index (χ1) is 11.2. The lowest BCUT2D eigenvalue weighted by Gasteiger charge is -2.22. The van der Waals surface area contributed by atoms with Crippen molar-refractivity contribution in [3.8, 4) is 5.75 Å². The summed E-state index contributed by atoms with van der Waals surface area (Å²) in [5, 5.41) is 3.15. The Kier molecular flexibility index (Phi) is 6.48. The maximum Gasteiger partial charge on any atom is 0.189 e. The second-order valence-corrected chi connectivity index (χ2v) is 5.22. The lowest BCUT2D eigenvalue weighted by Crippen LogP contribution is -2.31. The molecule has 1 unspecified atom stereocenters. The predicted octanol–water partition coefficient (Wildman–Crippen LogP) is 2.68. The number of rotatable bonds is 8. The summed E-state index contributed by atoms with van der Waals surface area (Å²) in [4.78, 5) is 10.1. The first-order valence-electron chi connectivity index (χ1n) is 7.52. The highest BCUT2D eigenvalue weighted by Gasteiger charge is 2.13. The zero-order chi connectivity index (χ0) is 16.5. The van der Waals surface area contributed by atoms with E-state index in [0.717, 1.165) is 11.3 Å². The van der Waals surface area contributed by atoms with E-state index < -0.39 is 0 Å². The maximum atomic E-state index is 10.1. The fourth-order valence-corrected chi connectivity index (χ4v) is 2.02. The van der Waals surface area contributed by atoms with Crippen molar-refractivity contribution in [2.75, 3.05) is 13.2 Å². The average molecular weight is 315 g/mol. The molecule has 0 amide bonds. The van der Waals surface area contributed by atoms with Crippen molar-refractivity contribution in [1.82, 2.24) is 5.32 Å². The lowest BCUT2D eigenvalue weighted by molar-refractivity contribution is 0.0814. The summed E-state index contributed by atoms with van der Waals surface area (Å²) in [6.45, 7) is 4.34. The van der Waals surface area contributed by atoms with Crippen molar-refractivity contribution in [1.29, 1.82) is 0 Å². The number of hydrogen-bond donors (Lipinski definition) is 1. The van der Waals surface area contributed by atoms with Crippen molar-refractivity contribution in [3.05, 3.63) is 53.9 Å². The third kappa shape index (κ3) is 5.66. The van der Waals surface area contributed by atoms with Crippen LogP contribution < -0.4 is 10.1 Å². The molecule has 0 saturated heterocycles. The molecule has 1 heterocycles. The molecule has 1 atom stereocenters. The van der Waals surface area contributed by atoms with Crippen molar-refractivity contribution >= 4 is 12.0 Å². The van der Waals surface area contributed by atoms with Gasteiger partial charge in [-0.25, -0.2) is 4.79 Å². The van der Waals surface area contributed by atoms with Crippen LogP contribution in [0.15, 0.2) is 48.4 Å². The van der Waals surface area contributed by atoms with Gasteiger partial charge in [-0.05, 0) is 32.1 Å².